The number of likely N-dealkylation sites (N-methyl/N-ethyl adjacent to an activating group) is 1. The second-order valence-electron chi connectivity index (χ2n) is 10.5. The predicted molar refractivity (Wildman–Crippen MR) is 144 cm³/mol. The number of hydrogen-bond acceptors (Lipinski definition) is 8. The molecular weight excluding hydrogens is 497 g/mol. The molecule has 9 nitrogen and oxygen atoms in total. The van der Waals surface area contributed by atoms with E-state index < -0.39 is 26.5 Å². The second kappa shape index (κ2) is 22.7. The van der Waals surface area contributed by atoms with E-state index in [1.165, 1.54) is 44.9 Å². The molecule has 0 radical (unpaired) electrons. The largest absolute Gasteiger partial charge is 0.756 e. The summed E-state index contributed by atoms with van der Waals surface area (Å²) in [5, 5.41) is 0. The predicted octanol–water partition coefficient (Wildman–Crippen LogP) is 5.32. The van der Waals surface area contributed by atoms with Gasteiger partial charge in [0.05, 0.1) is 27.7 Å². The Balaban J connectivity index is 3.83. The summed E-state index contributed by atoms with van der Waals surface area (Å²) >= 11 is 0. The van der Waals surface area contributed by atoms with Gasteiger partial charge in [-0.15, -0.1) is 0 Å². The Morgan fingerprint density at radius 3 is 2.00 bits per heavy atom. The lowest BCUT2D eigenvalue weighted by Gasteiger charge is -2.28. The molecule has 0 aromatic rings. The molecule has 0 aromatic heterocycles. The fourth-order valence-corrected chi connectivity index (χ4v) is 4.17. The molecule has 0 aliphatic heterocycles. The van der Waals surface area contributed by atoms with Gasteiger partial charge in [0.1, 0.15) is 19.8 Å². The third-order valence-electron chi connectivity index (χ3n) is 5.75. The topological polar surface area (TPSA) is 111 Å². The van der Waals surface area contributed by atoms with Crippen LogP contribution in [0.25, 0.3) is 0 Å². The maximum absolute atomic E-state index is 12.0. The highest BCUT2D eigenvalue weighted by Gasteiger charge is 2.19. The van der Waals surface area contributed by atoms with Gasteiger partial charge in [-0.05, 0) is 32.1 Å². The summed E-state index contributed by atoms with van der Waals surface area (Å²) < 4.78 is 31.9. The second-order valence-corrected chi connectivity index (χ2v) is 11.9. The summed E-state index contributed by atoms with van der Waals surface area (Å²) in [5.41, 5.74) is 0. The zero-order valence-electron chi connectivity index (χ0n) is 23.7. The number of nitrogens with zero attached hydrogens (tertiary/aromatic N) is 1. The highest BCUT2D eigenvalue weighted by atomic mass is 31.2. The number of allylic oxidation sites excluding steroid dienone is 2. The molecule has 0 heterocycles. The molecule has 2 atom stereocenters. The van der Waals surface area contributed by atoms with E-state index in [1.807, 2.05) is 21.1 Å². The van der Waals surface area contributed by atoms with Crippen molar-refractivity contribution >= 4 is 20.3 Å². The van der Waals surface area contributed by atoms with Gasteiger partial charge in [-0.2, -0.15) is 0 Å². The highest BCUT2D eigenvalue weighted by Crippen LogP contribution is 2.38. The van der Waals surface area contributed by atoms with Crippen LogP contribution in [0.4, 0.5) is 0 Å². The Morgan fingerprint density at radius 1 is 0.865 bits per heavy atom. The molecule has 0 spiro atoms. The van der Waals surface area contributed by atoms with Gasteiger partial charge >= 0.3 is 5.97 Å². The molecule has 218 valence electrons. The first kappa shape index (κ1) is 35.8. The molecule has 0 aromatic carbocycles. The quantitative estimate of drug-likeness (QED) is 0.0356. The van der Waals surface area contributed by atoms with E-state index in [-0.39, 0.29) is 26.1 Å². The lowest BCUT2D eigenvalue weighted by molar-refractivity contribution is -0.870. The number of phosphoric acid groups is 1. The van der Waals surface area contributed by atoms with Gasteiger partial charge in [0, 0.05) is 6.42 Å². The van der Waals surface area contributed by atoms with Crippen LogP contribution in [0, 0.1) is 0 Å². The molecule has 0 rings (SSSR count). The van der Waals surface area contributed by atoms with Crippen molar-refractivity contribution in [1.82, 2.24) is 0 Å². The summed E-state index contributed by atoms with van der Waals surface area (Å²) in [6.45, 7) is 2.09. The smallest absolute Gasteiger partial charge is 0.305 e. The minimum absolute atomic E-state index is 0.0333. The van der Waals surface area contributed by atoms with Crippen LogP contribution in [0.5, 0.6) is 0 Å². The highest BCUT2D eigenvalue weighted by molar-refractivity contribution is 7.45. The summed E-state index contributed by atoms with van der Waals surface area (Å²) in [6, 6.07) is 0. The van der Waals surface area contributed by atoms with Crippen molar-refractivity contribution in [3.63, 3.8) is 0 Å². The number of carbonyl (C=O) groups excluding carboxylic acids is 2. The van der Waals surface area contributed by atoms with Crippen LogP contribution >= 0.6 is 7.82 Å². The molecular formula is C27H52NO8P. The van der Waals surface area contributed by atoms with Crippen molar-refractivity contribution in [1.29, 1.82) is 0 Å². The zero-order valence-corrected chi connectivity index (χ0v) is 24.6. The molecule has 0 amide bonds. The third-order valence-corrected chi connectivity index (χ3v) is 6.72. The molecule has 0 saturated heterocycles. The minimum Gasteiger partial charge on any atom is -0.756 e. The Morgan fingerprint density at radius 2 is 1.43 bits per heavy atom. The van der Waals surface area contributed by atoms with Crippen LogP contribution in [0.3, 0.4) is 0 Å². The van der Waals surface area contributed by atoms with E-state index in [4.69, 9.17) is 18.5 Å². The summed E-state index contributed by atoms with van der Waals surface area (Å²) in [6.07, 6.45) is 19.1. The van der Waals surface area contributed by atoms with Crippen LogP contribution < -0.4 is 4.89 Å². The third kappa shape index (κ3) is 26.2. The summed E-state index contributed by atoms with van der Waals surface area (Å²) in [4.78, 5) is 34.5. The van der Waals surface area contributed by atoms with Crippen molar-refractivity contribution in [2.24, 2.45) is 0 Å². The van der Waals surface area contributed by atoms with Crippen LogP contribution in [-0.4, -0.2) is 70.5 Å². The first-order chi connectivity index (χ1) is 17.6. The number of quaternary nitrogens is 1. The minimum atomic E-state index is -4.55. The Bertz CT molecular complexity index is 651. The molecule has 0 N–H and O–H groups in total. The molecule has 0 aliphatic carbocycles. The van der Waals surface area contributed by atoms with Crippen LogP contribution in [0.15, 0.2) is 12.2 Å². The van der Waals surface area contributed by atoms with Gasteiger partial charge in [0.2, 0.25) is 0 Å². The van der Waals surface area contributed by atoms with Gasteiger partial charge in [0.15, 0.2) is 6.10 Å². The molecule has 0 fully saturated rings. The van der Waals surface area contributed by atoms with E-state index in [1.54, 1.807) is 0 Å². The van der Waals surface area contributed by atoms with E-state index in [9.17, 15) is 19.0 Å². The van der Waals surface area contributed by atoms with Crippen molar-refractivity contribution in [3.05, 3.63) is 12.2 Å². The van der Waals surface area contributed by atoms with E-state index in [0.29, 0.717) is 11.0 Å². The normalized spacial score (nSPS) is 14.4. The van der Waals surface area contributed by atoms with Crippen molar-refractivity contribution in [2.45, 2.75) is 103 Å². The van der Waals surface area contributed by atoms with Crippen LogP contribution in [-0.2, 0) is 32.7 Å². The Kier molecular flexibility index (Phi) is 21.9. The van der Waals surface area contributed by atoms with Gasteiger partial charge in [0.25, 0.3) is 14.3 Å². The van der Waals surface area contributed by atoms with Crippen molar-refractivity contribution < 1.29 is 42.1 Å². The first-order valence-corrected chi connectivity index (χ1v) is 15.4. The molecule has 0 bridgehead atoms. The van der Waals surface area contributed by atoms with Gasteiger partial charge in [-0.1, -0.05) is 70.4 Å². The maximum Gasteiger partial charge on any atom is 0.305 e. The van der Waals surface area contributed by atoms with Crippen LogP contribution in [0.1, 0.15) is 96.8 Å². The van der Waals surface area contributed by atoms with Gasteiger partial charge < -0.3 is 27.9 Å². The summed E-state index contributed by atoms with van der Waals surface area (Å²) in [5.74, 6) is -0.415. The standard InChI is InChI=1S/C27H52NO8P/c1-5-6-7-8-9-10-11-12-13-14-15-16-17-18-19-20-27(30)33-23-26(34-25-29)24-36-37(31,32)35-22-21-28(2,3)4/h12-13,25-26H,5-11,14-24H2,1-4H3/t26-/m1/s1. The van der Waals surface area contributed by atoms with E-state index in [2.05, 4.69) is 19.1 Å². The number of esters is 1. The fraction of sp³-hybridized carbons (Fsp3) is 0.852. The molecule has 37 heavy (non-hydrogen) atoms. The number of ether oxygens (including phenoxy) is 2. The number of unbranched alkanes of at least 4 members (excludes halogenated alkanes) is 11. The monoisotopic (exact) mass is 549 g/mol. The number of phosphoric ester groups is 1. The zero-order chi connectivity index (χ0) is 27.8. The number of hydrogen-bond donors (Lipinski definition) is 0. The first-order valence-electron chi connectivity index (χ1n) is 13.9. The van der Waals surface area contributed by atoms with Gasteiger partial charge in [-0.3, -0.25) is 14.2 Å². The van der Waals surface area contributed by atoms with E-state index >= 15 is 0 Å². The SMILES string of the molecule is CCCCCCCCC=CCCCCCCCC(=O)OC[C@H](COP(=O)([O-])OCC[N+](C)(C)C)OC=O. The van der Waals surface area contributed by atoms with Crippen molar-refractivity contribution in [3.8, 4) is 0 Å². The average Bonchev–Trinajstić information content (AvgIpc) is 2.82. The number of carbonyl (C=O) groups is 2. The average molecular weight is 550 g/mol. The molecule has 0 aliphatic rings. The summed E-state index contributed by atoms with van der Waals surface area (Å²) in [7, 11) is 1.16. The maximum atomic E-state index is 12.0. The molecule has 1 unspecified atom stereocenters. The van der Waals surface area contributed by atoms with Crippen molar-refractivity contribution in [2.75, 3.05) is 47.5 Å². The molecule has 10 heteroatoms. The Hall–Kier alpha value is -1.25. The Labute approximate surface area is 225 Å². The fourth-order valence-electron chi connectivity index (χ4n) is 3.44. The van der Waals surface area contributed by atoms with E-state index in [0.717, 1.165) is 38.5 Å². The van der Waals surface area contributed by atoms with Crippen LogP contribution in [0.2, 0.25) is 0 Å². The lowest BCUT2D eigenvalue weighted by atomic mass is 10.1. The van der Waals surface area contributed by atoms with Gasteiger partial charge in [-0.25, -0.2) is 0 Å². The molecule has 0 saturated carbocycles. The lowest BCUT2D eigenvalue weighted by Crippen LogP contribution is -2.37. The number of rotatable bonds is 26.